The van der Waals surface area contributed by atoms with Crippen LogP contribution in [0.1, 0.15) is 27.9 Å². The maximum absolute atomic E-state index is 12.4. The third kappa shape index (κ3) is 3.91. The van der Waals surface area contributed by atoms with Gasteiger partial charge in [-0.2, -0.15) is 0 Å². The number of aromatic amines is 1. The lowest BCUT2D eigenvalue weighted by atomic mass is 10.1. The van der Waals surface area contributed by atoms with Gasteiger partial charge in [-0.15, -0.1) is 10.2 Å². The average molecular weight is 350 g/mol. The van der Waals surface area contributed by atoms with Gasteiger partial charge in [0.1, 0.15) is 11.4 Å². The number of hydrogen-bond donors (Lipinski definition) is 2. The highest BCUT2D eigenvalue weighted by Gasteiger charge is 2.09. The Balaban J connectivity index is 1.80. The number of aryl methyl sites for hydroxylation is 3. The zero-order valence-corrected chi connectivity index (χ0v) is 15.4. The van der Waals surface area contributed by atoms with Crippen molar-refractivity contribution in [1.29, 1.82) is 0 Å². The van der Waals surface area contributed by atoms with Crippen LogP contribution in [0.4, 0.5) is 11.6 Å². The molecular weight excluding hydrogens is 328 g/mol. The van der Waals surface area contributed by atoms with Gasteiger partial charge in [0.15, 0.2) is 0 Å². The Morgan fingerprint density at radius 1 is 1.04 bits per heavy atom. The van der Waals surface area contributed by atoms with E-state index in [2.05, 4.69) is 39.6 Å². The summed E-state index contributed by atoms with van der Waals surface area (Å²) in [4.78, 5) is 15.1. The van der Waals surface area contributed by atoms with Crippen LogP contribution in [0.5, 0.6) is 5.75 Å². The summed E-state index contributed by atoms with van der Waals surface area (Å²) in [7, 11) is 1.62. The van der Waals surface area contributed by atoms with E-state index < -0.39 is 0 Å². The summed E-state index contributed by atoms with van der Waals surface area (Å²) in [6, 6.07) is 11.7. The van der Waals surface area contributed by atoms with E-state index in [4.69, 9.17) is 4.74 Å². The second-order valence-corrected chi connectivity index (χ2v) is 6.37. The Labute approximate surface area is 152 Å². The summed E-state index contributed by atoms with van der Waals surface area (Å²) >= 11 is 0. The zero-order chi connectivity index (χ0) is 18.7. The van der Waals surface area contributed by atoms with Gasteiger partial charge in [-0.25, -0.2) is 0 Å². The SMILES string of the molecule is COc1ccc(Cc2nnc(Nc3c(C)cc(C)cc3C)[nH]c2=O)cc1. The van der Waals surface area contributed by atoms with Gasteiger partial charge >= 0.3 is 0 Å². The summed E-state index contributed by atoms with van der Waals surface area (Å²) in [5, 5.41) is 11.4. The van der Waals surface area contributed by atoms with Gasteiger partial charge in [-0.05, 0) is 49.6 Å². The number of methoxy groups -OCH3 is 1. The molecule has 26 heavy (non-hydrogen) atoms. The van der Waals surface area contributed by atoms with Gasteiger partial charge in [0.2, 0.25) is 5.95 Å². The van der Waals surface area contributed by atoms with Crippen LogP contribution in [0.3, 0.4) is 0 Å². The molecule has 0 radical (unpaired) electrons. The zero-order valence-electron chi connectivity index (χ0n) is 15.4. The van der Waals surface area contributed by atoms with Crippen molar-refractivity contribution in [2.45, 2.75) is 27.2 Å². The van der Waals surface area contributed by atoms with Crippen molar-refractivity contribution < 1.29 is 4.74 Å². The normalized spacial score (nSPS) is 10.6. The minimum atomic E-state index is -0.249. The van der Waals surface area contributed by atoms with Crippen LogP contribution in [-0.2, 0) is 6.42 Å². The second kappa shape index (κ2) is 7.39. The molecule has 0 aliphatic rings. The lowest BCUT2D eigenvalue weighted by molar-refractivity contribution is 0.414. The van der Waals surface area contributed by atoms with Gasteiger partial charge in [-0.1, -0.05) is 29.8 Å². The fourth-order valence-corrected chi connectivity index (χ4v) is 2.96. The second-order valence-electron chi connectivity index (χ2n) is 6.37. The van der Waals surface area contributed by atoms with Crippen LogP contribution in [0.2, 0.25) is 0 Å². The topological polar surface area (TPSA) is 79.9 Å². The molecule has 2 aromatic carbocycles. The minimum Gasteiger partial charge on any atom is -0.497 e. The van der Waals surface area contributed by atoms with E-state index in [1.807, 2.05) is 38.1 Å². The van der Waals surface area contributed by atoms with E-state index in [1.54, 1.807) is 7.11 Å². The highest BCUT2D eigenvalue weighted by atomic mass is 16.5. The number of aromatic nitrogens is 3. The largest absolute Gasteiger partial charge is 0.497 e. The van der Waals surface area contributed by atoms with Gasteiger partial charge in [0, 0.05) is 12.1 Å². The summed E-state index contributed by atoms with van der Waals surface area (Å²) in [5.41, 5.74) is 5.40. The number of anilines is 2. The van der Waals surface area contributed by atoms with Gasteiger partial charge < -0.3 is 10.1 Å². The predicted octanol–water partition coefficient (Wildman–Crippen LogP) is 3.43. The van der Waals surface area contributed by atoms with Crippen molar-refractivity contribution in [1.82, 2.24) is 15.2 Å². The number of nitrogens with zero attached hydrogens (tertiary/aromatic N) is 2. The monoisotopic (exact) mass is 350 g/mol. The quantitative estimate of drug-likeness (QED) is 0.737. The molecule has 134 valence electrons. The highest BCUT2D eigenvalue weighted by Crippen LogP contribution is 2.24. The number of nitrogens with one attached hydrogen (secondary N) is 2. The van der Waals surface area contributed by atoms with E-state index in [1.165, 1.54) is 5.56 Å². The summed E-state index contributed by atoms with van der Waals surface area (Å²) < 4.78 is 5.14. The standard InChI is InChI=1S/C20H22N4O2/c1-12-9-13(2)18(14(3)10-12)21-20-22-19(25)17(23-24-20)11-15-5-7-16(26-4)8-6-15/h5-10H,11H2,1-4H3,(H2,21,22,24,25). The van der Waals surface area contributed by atoms with Crippen molar-refractivity contribution in [2.24, 2.45) is 0 Å². The molecule has 0 unspecified atom stereocenters. The molecule has 1 heterocycles. The molecule has 0 bridgehead atoms. The van der Waals surface area contributed by atoms with Crippen molar-refractivity contribution >= 4 is 11.6 Å². The molecule has 1 aromatic heterocycles. The molecule has 0 saturated heterocycles. The molecule has 0 spiro atoms. The van der Waals surface area contributed by atoms with Crippen LogP contribution in [0.25, 0.3) is 0 Å². The maximum atomic E-state index is 12.4. The van der Waals surface area contributed by atoms with E-state index in [9.17, 15) is 4.79 Å². The predicted molar refractivity (Wildman–Crippen MR) is 102 cm³/mol. The molecule has 3 aromatic rings. The van der Waals surface area contributed by atoms with Gasteiger partial charge in [-0.3, -0.25) is 9.78 Å². The summed E-state index contributed by atoms with van der Waals surface area (Å²) in [5.74, 6) is 1.11. The lowest BCUT2D eigenvalue weighted by Gasteiger charge is -2.12. The maximum Gasteiger partial charge on any atom is 0.274 e. The number of hydrogen-bond acceptors (Lipinski definition) is 5. The van der Waals surface area contributed by atoms with E-state index in [-0.39, 0.29) is 5.56 Å². The van der Waals surface area contributed by atoms with Crippen LogP contribution in [-0.4, -0.2) is 22.3 Å². The smallest absolute Gasteiger partial charge is 0.274 e. The first-order valence-corrected chi connectivity index (χ1v) is 8.40. The first-order valence-electron chi connectivity index (χ1n) is 8.40. The molecule has 0 amide bonds. The third-order valence-electron chi connectivity index (χ3n) is 4.22. The van der Waals surface area contributed by atoms with Crippen LogP contribution >= 0.6 is 0 Å². The van der Waals surface area contributed by atoms with E-state index in [0.717, 1.165) is 28.1 Å². The lowest BCUT2D eigenvalue weighted by Crippen LogP contribution is -2.19. The fourth-order valence-electron chi connectivity index (χ4n) is 2.96. The Kier molecular flexibility index (Phi) is 5.02. The summed E-state index contributed by atoms with van der Waals surface area (Å²) in [6.07, 6.45) is 0.412. The van der Waals surface area contributed by atoms with Crippen molar-refractivity contribution in [3.63, 3.8) is 0 Å². The van der Waals surface area contributed by atoms with Gasteiger partial charge in [0.25, 0.3) is 5.56 Å². The van der Waals surface area contributed by atoms with Crippen molar-refractivity contribution in [3.8, 4) is 5.75 Å². The first-order chi connectivity index (χ1) is 12.5. The Morgan fingerprint density at radius 2 is 1.69 bits per heavy atom. The molecule has 6 nitrogen and oxygen atoms in total. The molecule has 0 aliphatic carbocycles. The third-order valence-corrected chi connectivity index (χ3v) is 4.22. The molecule has 0 aliphatic heterocycles. The molecule has 2 N–H and O–H groups in total. The van der Waals surface area contributed by atoms with Crippen LogP contribution in [0.15, 0.2) is 41.2 Å². The Hall–Kier alpha value is -3.15. The highest BCUT2D eigenvalue weighted by molar-refractivity contribution is 5.63. The number of ether oxygens (including phenoxy) is 1. The molecule has 0 fully saturated rings. The van der Waals surface area contributed by atoms with Crippen LogP contribution in [0, 0.1) is 20.8 Å². The first kappa shape index (κ1) is 17.7. The summed E-state index contributed by atoms with van der Waals surface area (Å²) in [6.45, 7) is 6.09. The van der Waals surface area contributed by atoms with E-state index >= 15 is 0 Å². The Morgan fingerprint density at radius 3 is 2.27 bits per heavy atom. The number of rotatable bonds is 5. The van der Waals surface area contributed by atoms with Gasteiger partial charge in [0.05, 0.1) is 7.11 Å². The number of benzene rings is 2. The van der Waals surface area contributed by atoms with Crippen molar-refractivity contribution in [3.05, 3.63) is 74.7 Å². The average Bonchev–Trinajstić information content (AvgIpc) is 2.61. The van der Waals surface area contributed by atoms with Crippen LogP contribution < -0.4 is 15.6 Å². The van der Waals surface area contributed by atoms with E-state index in [0.29, 0.717) is 18.1 Å². The fraction of sp³-hybridized carbons (Fsp3) is 0.250. The molecule has 3 rings (SSSR count). The number of H-pyrrole nitrogens is 1. The molecular formula is C20H22N4O2. The minimum absolute atomic E-state index is 0.249. The molecule has 0 saturated carbocycles. The Bertz CT molecular complexity index is 955. The molecule has 0 atom stereocenters. The van der Waals surface area contributed by atoms with Crippen molar-refractivity contribution in [2.75, 3.05) is 12.4 Å². The molecule has 6 heteroatoms.